The van der Waals surface area contributed by atoms with Gasteiger partial charge in [0.2, 0.25) is 0 Å². The van der Waals surface area contributed by atoms with Crippen molar-refractivity contribution in [3.8, 4) is 0 Å². The molecule has 0 amide bonds. The molecule has 0 aliphatic rings. The van der Waals surface area contributed by atoms with Crippen LogP contribution in [0, 0.1) is 0 Å². The average molecular weight is 368 g/mol. The lowest BCUT2D eigenvalue weighted by atomic mass is 10.1. The minimum absolute atomic E-state index is 0.214. The molecular weight excluding hydrogens is 330 g/mol. The Morgan fingerprint density at radius 2 is 1.38 bits per heavy atom. The molecule has 0 saturated heterocycles. The summed E-state index contributed by atoms with van der Waals surface area (Å²) in [6.07, 6.45) is 9.80. The van der Waals surface area contributed by atoms with E-state index in [1.54, 1.807) is 0 Å². The maximum atomic E-state index is 11.5. The largest absolute Gasteiger partial charge is 0.388 e. The van der Waals surface area contributed by atoms with Gasteiger partial charge in [-0.1, -0.05) is 64.7 Å². The van der Waals surface area contributed by atoms with Gasteiger partial charge in [-0.2, -0.15) is 8.42 Å². The zero-order valence-corrected chi connectivity index (χ0v) is 16.2. The highest BCUT2D eigenvalue weighted by Gasteiger charge is 2.20. The van der Waals surface area contributed by atoms with Crippen LogP contribution in [0.5, 0.6) is 0 Å². The minimum atomic E-state index is -3.81. The number of hydrogen-bond donors (Lipinski definition) is 3. The van der Waals surface area contributed by atoms with Gasteiger partial charge in [-0.25, -0.2) is 4.18 Å². The fraction of sp³-hybridized carbons (Fsp3) is 1.00. The molecule has 0 aromatic rings. The van der Waals surface area contributed by atoms with Gasteiger partial charge in [0, 0.05) is 6.54 Å². The van der Waals surface area contributed by atoms with Crippen LogP contribution in [0.3, 0.4) is 0 Å². The second kappa shape index (κ2) is 15.1. The topological polar surface area (TPSA) is 95.9 Å². The van der Waals surface area contributed by atoms with Crippen molar-refractivity contribution in [1.29, 1.82) is 0 Å². The van der Waals surface area contributed by atoms with Gasteiger partial charge in [0.05, 0.1) is 5.75 Å². The molecule has 0 spiro atoms. The van der Waals surface area contributed by atoms with Crippen molar-refractivity contribution in [2.24, 2.45) is 0 Å². The van der Waals surface area contributed by atoms with Crippen molar-refractivity contribution >= 4 is 10.1 Å². The number of nitrogens with one attached hydrogen (secondary N) is 1. The van der Waals surface area contributed by atoms with Gasteiger partial charge >= 0.3 is 0 Å². The van der Waals surface area contributed by atoms with E-state index in [0.717, 1.165) is 19.4 Å². The molecule has 7 heteroatoms. The van der Waals surface area contributed by atoms with Gasteiger partial charge in [0.25, 0.3) is 10.1 Å². The van der Waals surface area contributed by atoms with E-state index in [9.17, 15) is 13.5 Å². The zero-order chi connectivity index (χ0) is 18.3. The van der Waals surface area contributed by atoms with Crippen LogP contribution in [0.2, 0.25) is 0 Å². The van der Waals surface area contributed by atoms with Gasteiger partial charge in [-0.3, -0.25) is 0 Å². The van der Waals surface area contributed by atoms with E-state index in [1.807, 2.05) is 0 Å². The van der Waals surface area contributed by atoms with E-state index >= 15 is 0 Å². The average Bonchev–Trinajstić information content (AvgIpc) is 2.51. The Hall–Kier alpha value is -0.210. The van der Waals surface area contributed by atoms with Crippen LogP contribution in [0.4, 0.5) is 0 Å². The highest BCUT2D eigenvalue weighted by Crippen LogP contribution is 2.10. The Morgan fingerprint density at radius 1 is 0.875 bits per heavy atom. The fourth-order valence-electron chi connectivity index (χ4n) is 2.34. The lowest BCUT2D eigenvalue weighted by Crippen LogP contribution is -2.32. The summed E-state index contributed by atoms with van der Waals surface area (Å²) in [5, 5.41) is 21.3. The second-order valence-electron chi connectivity index (χ2n) is 6.42. The number of hydrogen-bond acceptors (Lipinski definition) is 6. The van der Waals surface area contributed by atoms with Crippen LogP contribution in [0.15, 0.2) is 0 Å². The maximum absolute atomic E-state index is 11.5. The molecule has 0 aliphatic heterocycles. The van der Waals surface area contributed by atoms with E-state index in [2.05, 4.69) is 16.4 Å². The molecule has 2 atom stereocenters. The Bertz CT molecular complexity index is 373. The molecule has 0 radical (unpaired) electrons. The van der Waals surface area contributed by atoms with E-state index in [0.29, 0.717) is 0 Å². The van der Waals surface area contributed by atoms with Crippen LogP contribution in [-0.4, -0.2) is 49.9 Å². The van der Waals surface area contributed by atoms with Crippen LogP contribution < -0.4 is 5.32 Å². The van der Waals surface area contributed by atoms with Crippen molar-refractivity contribution in [2.45, 2.75) is 90.4 Å². The van der Waals surface area contributed by atoms with E-state index < -0.39 is 22.5 Å². The first-order chi connectivity index (χ1) is 11.4. The van der Waals surface area contributed by atoms with Gasteiger partial charge in [0.15, 0.2) is 6.29 Å². The third-order valence-electron chi connectivity index (χ3n) is 3.89. The van der Waals surface area contributed by atoms with Gasteiger partial charge in [-0.15, -0.1) is 0 Å². The Kier molecular flexibility index (Phi) is 14.9. The normalized spacial score (nSPS) is 14.7. The third-order valence-corrected chi connectivity index (χ3v) is 5.09. The summed E-state index contributed by atoms with van der Waals surface area (Å²) in [5.41, 5.74) is 0. The molecule has 24 heavy (non-hydrogen) atoms. The summed E-state index contributed by atoms with van der Waals surface area (Å²) in [4.78, 5) is 0. The van der Waals surface area contributed by atoms with Gasteiger partial charge in [0.1, 0.15) is 6.10 Å². The minimum Gasteiger partial charge on any atom is -0.388 e. The molecule has 0 heterocycles. The van der Waals surface area contributed by atoms with Crippen LogP contribution >= 0.6 is 0 Å². The predicted octanol–water partition coefficient (Wildman–Crippen LogP) is 2.54. The van der Waals surface area contributed by atoms with Crippen molar-refractivity contribution in [1.82, 2.24) is 5.32 Å². The maximum Gasteiger partial charge on any atom is 0.271 e. The lowest BCUT2D eigenvalue weighted by Gasteiger charge is -2.14. The van der Waals surface area contributed by atoms with Crippen molar-refractivity contribution < 1.29 is 22.8 Å². The summed E-state index contributed by atoms with van der Waals surface area (Å²) in [6, 6.07) is 0. The Morgan fingerprint density at radius 3 is 1.88 bits per heavy atom. The van der Waals surface area contributed by atoms with Gasteiger partial charge in [-0.05, 0) is 19.9 Å². The lowest BCUT2D eigenvalue weighted by molar-refractivity contribution is -0.0922. The summed E-state index contributed by atoms with van der Waals surface area (Å²) in [5.74, 6) is -0.214. The van der Waals surface area contributed by atoms with Crippen LogP contribution in [0.1, 0.15) is 78.1 Å². The summed E-state index contributed by atoms with van der Waals surface area (Å²) < 4.78 is 27.5. The predicted molar refractivity (Wildman–Crippen MR) is 97.3 cm³/mol. The Labute approximate surface area is 148 Å². The van der Waals surface area contributed by atoms with E-state index in [-0.39, 0.29) is 12.3 Å². The number of aliphatic hydroxyl groups excluding tert-OH is 2. The van der Waals surface area contributed by atoms with Crippen molar-refractivity contribution in [3.05, 3.63) is 0 Å². The highest BCUT2D eigenvalue weighted by atomic mass is 32.2. The standard InChI is InChI=1S/C17H37NO5S/c1-3-4-5-6-7-8-9-10-11-12-13-18-14-15-24(21,22)23-17(20)16(2)19/h16-20H,3-15H2,1-2H3. The first-order valence-corrected chi connectivity index (χ1v) is 10.9. The molecule has 0 fully saturated rings. The smallest absolute Gasteiger partial charge is 0.271 e. The number of rotatable bonds is 17. The molecule has 0 aromatic heterocycles. The summed E-state index contributed by atoms with van der Waals surface area (Å²) >= 11 is 0. The molecule has 146 valence electrons. The molecule has 6 nitrogen and oxygen atoms in total. The molecule has 0 rings (SSSR count). The number of unbranched alkanes of at least 4 members (excludes halogenated alkanes) is 9. The fourth-order valence-corrected chi connectivity index (χ4v) is 3.29. The Balaban J connectivity index is 3.39. The zero-order valence-electron chi connectivity index (χ0n) is 15.4. The molecular formula is C17H37NO5S. The third kappa shape index (κ3) is 15.3. The van der Waals surface area contributed by atoms with Crippen LogP contribution in [-0.2, 0) is 14.3 Å². The van der Waals surface area contributed by atoms with E-state index in [4.69, 9.17) is 5.11 Å². The first kappa shape index (κ1) is 23.8. The molecule has 2 unspecified atom stereocenters. The highest BCUT2D eigenvalue weighted by molar-refractivity contribution is 7.86. The number of aliphatic hydroxyl groups is 2. The second-order valence-corrected chi connectivity index (χ2v) is 8.14. The van der Waals surface area contributed by atoms with Crippen LogP contribution in [0.25, 0.3) is 0 Å². The molecule has 3 N–H and O–H groups in total. The summed E-state index contributed by atoms with van der Waals surface area (Å²) in [7, 11) is -3.81. The molecule has 0 bridgehead atoms. The van der Waals surface area contributed by atoms with Crippen molar-refractivity contribution in [3.63, 3.8) is 0 Å². The SMILES string of the molecule is CCCCCCCCCCCCNCCS(=O)(=O)OC(O)C(C)O. The molecule has 0 aromatic carbocycles. The monoisotopic (exact) mass is 367 g/mol. The molecule has 0 saturated carbocycles. The first-order valence-electron chi connectivity index (χ1n) is 9.37. The summed E-state index contributed by atoms with van der Waals surface area (Å²) in [6.45, 7) is 4.57. The molecule has 0 aliphatic carbocycles. The van der Waals surface area contributed by atoms with Gasteiger partial charge < -0.3 is 15.5 Å². The van der Waals surface area contributed by atoms with E-state index in [1.165, 1.54) is 58.3 Å². The van der Waals surface area contributed by atoms with Crippen molar-refractivity contribution in [2.75, 3.05) is 18.8 Å². The quantitative estimate of drug-likeness (QED) is 0.208.